The Morgan fingerprint density at radius 1 is 0.913 bits per heavy atom. The lowest BCUT2D eigenvalue weighted by Crippen LogP contribution is -2.08. The molecule has 0 amide bonds. The maximum atomic E-state index is 11.7. The first-order valence-corrected chi connectivity index (χ1v) is 7.27. The van der Waals surface area contributed by atoms with Gasteiger partial charge in [0, 0.05) is 11.0 Å². The predicted octanol–water partition coefficient (Wildman–Crippen LogP) is 5.11. The molecule has 0 aliphatic carbocycles. The van der Waals surface area contributed by atoms with Gasteiger partial charge >= 0.3 is 5.97 Å². The van der Waals surface area contributed by atoms with Crippen molar-refractivity contribution in [2.24, 2.45) is 0 Å². The van der Waals surface area contributed by atoms with Crippen LogP contribution in [0, 0.1) is 0 Å². The number of ether oxygens (including phenoxy) is 2. The van der Waals surface area contributed by atoms with Gasteiger partial charge in [-0.15, -0.1) is 0 Å². The summed E-state index contributed by atoms with van der Waals surface area (Å²) in [6.45, 7) is 5.22. The SMILES string of the molecule is C=C(C)C(=O)Oc1cccc2cc(Oc3ccccc3)ccc12. The van der Waals surface area contributed by atoms with Gasteiger partial charge in [-0.25, -0.2) is 4.79 Å². The molecule has 0 atom stereocenters. The normalized spacial score (nSPS) is 10.3. The first kappa shape index (κ1) is 14.9. The topological polar surface area (TPSA) is 35.5 Å². The third-order valence-electron chi connectivity index (χ3n) is 3.34. The molecule has 0 bridgehead atoms. The summed E-state index contributed by atoms with van der Waals surface area (Å²) in [5, 5.41) is 1.79. The summed E-state index contributed by atoms with van der Waals surface area (Å²) in [7, 11) is 0. The van der Waals surface area contributed by atoms with Crippen LogP contribution in [0.2, 0.25) is 0 Å². The maximum absolute atomic E-state index is 11.7. The number of hydrogen-bond donors (Lipinski definition) is 0. The molecule has 3 aromatic carbocycles. The van der Waals surface area contributed by atoms with Crippen molar-refractivity contribution in [2.75, 3.05) is 0 Å². The molecule has 0 fully saturated rings. The minimum absolute atomic E-state index is 0.367. The molecule has 0 aliphatic rings. The van der Waals surface area contributed by atoms with Crippen molar-refractivity contribution >= 4 is 16.7 Å². The molecule has 3 rings (SSSR count). The molecule has 0 heterocycles. The fourth-order valence-corrected chi connectivity index (χ4v) is 2.20. The van der Waals surface area contributed by atoms with E-state index in [0.717, 1.165) is 22.3 Å². The quantitative estimate of drug-likeness (QED) is 0.381. The average molecular weight is 304 g/mol. The van der Waals surface area contributed by atoms with Crippen LogP contribution in [0.4, 0.5) is 0 Å². The Kier molecular flexibility index (Phi) is 4.11. The zero-order chi connectivity index (χ0) is 16.2. The van der Waals surface area contributed by atoms with E-state index in [2.05, 4.69) is 6.58 Å². The van der Waals surface area contributed by atoms with Crippen LogP contribution in [0.5, 0.6) is 17.2 Å². The third kappa shape index (κ3) is 3.40. The molecule has 23 heavy (non-hydrogen) atoms. The summed E-state index contributed by atoms with van der Waals surface area (Å²) in [6, 6.07) is 20.8. The van der Waals surface area contributed by atoms with Crippen molar-refractivity contribution in [1.82, 2.24) is 0 Å². The minimum atomic E-state index is -0.429. The second-order valence-electron chi connectivity index (χ2n) is 5.22. The summed E-state index contributed by atoms with van der Waals surface area (Å²) in [5.41, 5.74) is 0.367. The van der Waals surface area contributed by atoms with E-state index in [-0.39, 0.29) is 0 Å². The van der Waals surface area contributed by atoms with Gasteiger partial charge in [-0.1, -0.05) is 36.9 Å². The van der Waals surface area contributed by atoms with Gasteiger partial charge in [-0.2, -0.15) is 0 Å². The molecule has 0 aliphatic heterocycles. The van der Waals surface area contributed by atoms with Gasteiger partial charge in [-0.3, -0.25) is 0 Å². The molecular formula is C20H16O3. The second-order valence-corrected chi connectivity index (χ2v) is 5.22. The van der Waals surface area contributed by atoms with Gasteiger partial charge in [0.2, 0.25) is 0 Å². The van der Waals surface area contributed by atoms with Crippen molar-refractivity contribution in [3.8, 4) is 17.2 Å². The summed E-state index contributed by atoms with van der Waals surface area (Å²) in [5.74, 6) is 1.59. The van der Waals surface area contributed by atoms with E-state index in [1.165, 1.54) is 0 Å². The molecule has 3 nitrogen and oxygen atoms in total. The van der Waals surface area contributed by atoms with E-state index in [0.29, 0.717) is 11.3 Å². The molecule has 0 saturated carbocycles. The molecule has 0 N–H and O–H groups in total. The Balaban J connectivity index is 1.92. The second kappa shape index (κ2) is 6.36. The van der Waals surface area contributed by atoms with Crippen LogP contribution in [-0.4, -0.2) is 5.97 Å². The predicted molar refractivity (Wildman–Crippen MR) is 90.9 cm³/mol. The molecule has 0 aromatic heterocycles. The molecule has 0 saturated heterocycles. The smallest absolute Gasteiger partial charge is 0.338 e. The Hall–Kier alpha value is -3.07. The van der Waals surface area contributed by atoms with E-state index >= 15 is 0 Å². The van der Waals surface area contributed by atoms with Crippen molar-refractivity contribution < 1.29 is 14.3 Å². The zero-order valence-corrected chi connectivity index (χ0v) is 12.8. The van der Waals surface area contributed by atoms with E-state index in [4.69, 9.17) is 9.47 Å². The Morgan fingerprint density at radius 3 is 2.43 bits per heavy atom. The van der Waals surface area contributed by atoms with Crippen LogP contribution in [0.1, 0.15) is 6.92 Å². The number of esters is 1. The van der Waals surface area contributed by atoms with Crippen LogP contribution in [0.15, 0.2) is 78.9 Å². The molecule has 0 radical (unpaired) electrons. The number of fused-ring (bicyclic) bond motifs is 1. The molecule has 114 valence electrons. The fraction of sp³-hybridized carbons (Fsp3) is 0.0500. The zero-order valence-electron chi connectivity index (χ0n) is 12.8. The highest BCUT2D eigenvalue weighted by molar-refractivity contribution is 5.94. The third-order valence-corrected chi connectivity index (χ3v) is 3.34. The van der Waals surface area contributed by atoms with Crippen LogP contribution >= 0.6 is 0 Å². The lowest BCUT2D eigenvalue weighted by molar-refractivity contribution is -0.129. The molecule has 3 aromatic rings. The van der Waals surface area contributed by atoms with Crippen molar-refractivity contribution in [2.45, 2.75) is 6.92 Å². The molecule has 0 spiro atoms. The van der Waals surface area contributed by atoms with E-state index in [1.807, 2.05) is 60.7 Å². The largest absolute Gasteiger partial charge is 0.457 e. The van der Waals surface area contributed by atoms with Crippen molar-refractivity contribution in [1.29, 1.82) is 0 Å². The number of hydrogen-bond acceptors (Lipinski definition) is 3. The van der Waals surface area contributed by atoms with Gasteiger partial charge in [-0.05, 0) is 48.7 Å². The van der Waals surface area contributed by atoms with Gasteiger partial charge in [0.1, 0.15) is 17.2 Å². The summed E-state index contributed by atoms with van der Waals surface area (Å²) < 4.78 is 11.2. The van der Waals surface area contributed by atoms with E-state index < -0.39 is 5.97 Å². The maximum Gasteiger partial charge on any atom is 0.338 e. The number of para-hydroxylation sites is 1. The van der Waals surface area contributed by atoms with Crippen molar-refractivity contribution in [3.63, 3.8) is 0 Å². The highest BCUT2D eigenvalue weighted by Crippen LogP contribution is 2.31. The molecule has 0 unspecified atom stereocenters. The van der Waals surface area contributed by atoms with Crippen LogP contribution in [-0.2, 0) is 4.79 Å². The summed E-state index contributed by atoms with van der Waals surface area (Å²) in [6.07, 6.45) is 0. The van der Waals surface area contributed by atoms with E-state index in [1.54, 1.807) is 13.0 Å². The van der Waals surface area contributed by atoms with Crippen LogP contribution < -0.4 is 9.47 Å². The molecule has 3 heteroatoms. The van der Waals surface area contributed by atoms with Crippen molar-refractivity contribution in [3.05, 3.63) is 78.9 Å². The fourth-order valence-electron chi connectivity index (χ4n) is 2.20. The molecular weight excluding hydrogens is 288 g/mol. The number of carbonyl (C=O) groups is 1. The Bertz CT molecular complexity index is 866. The highest BCUT2D eigenvalue weighted by atomic mass is 16.5. The lowest BCUT2D eigenvalue weighted by atomic mass is 10.1. The minimum Gasteiger partial charge on any atom is -0.457 e. The lowest BCUT2D eigenvalue weighted by Gasteiger charge is -2.10. The summed E-state index contributed by atoms with van der Waals surface area (Å²) in [4.78, 5) is 11.7. The first-order valence-electron chi connectivity index (χ1n) is 7.27. The van der Waals surface area contributed by atoms with Gasteiger partial charge in [0.25, 0.3) is 0 Å². The number of benzene rings is 3. The Morgan fingerprint density at radius 2 is 1.70 bits per heavy atom. The van der Waals surface area contributed by atoms with Gasteiger partial charge < -0.3 is 9.47 Å². The Labute approximate surface area is 134 Å². The highest BCUT2D eigenvalue weighted by Gasteiger charge is 2.09. The van der Waals surface area contributed by atoms with Crippen LogP contribution in [0.3, 0.4) is 0 Å². The summed E-state index contributed by atoms with van der Waals surface area (Å²) >= 11 is 0. The average Bonchev–Trinajstić information content (AvgIpc) is 2.55. The number of carbonyl (C=O) groups excluding carboxylic acids is 1. The van der Waals surface area contributed by atoms with Crippen LogP contribution in [0.25, 0.3) is 10.8 Å². The first-order chi connectivity index (χ1) is 11.1. The van der Waals surface area contributed by atoms with Gasteiger partial charge in [0.05, 0.1) is 0 Å². The number of rotatable bonds is 4. The standard InChI is InChI=1S/C20H16O3/c1-14(2)20(21)23-19-10-6-7-15-13-17(11-12-18(15)19)22-16-8-4-3-5-9-16/h3-13H,1H2,2H3. The van der Waals surface area contributed by atoms with E-state index in [9.17, 15) is 4.79 Å². The van der Waals surface area contributed by atoms with Gasteiger partial charge in [0.15, 0.2) is 0 Å². The monoisotopic (exact) mass is 304 g/mol.